The number of hydrogen-bond donors (Lipinski definition) is 1. The van der Waals surface area contributed by atoms with E-state index < -0.39 is 5.41 Å². The molecular formula is C17H28N4O2. The third-order valence-electron chi connectivity index (χ3n) is 5.08. The molecule has 23 heavy (non-hydrogen) atoms. The van der Waals surface area contributed by atoms with Gasteiger partial charge in [0.05, 0.1) is 11.7 Å². The summed E-state index contributed by atoms with van der Waals surface area (Å²) in [5.74, 6) is -0.0964. The second kappa shape index (κ2) is 7.15. The van der Waals surface area contributed by atoms with Crippen LogP contribution in [0.15, 0.2) is 18.7 Å². The molecule has 3 atom stereocenters. The molecule has 6 nitrogen and oxygen atoms in total. The zero-order chi connectivity index (χ0) is 17.0. The first-order valence-electron chi connectivity index (χ1n) is 8.44. The highest BCUT2D eigenvalue weighted by atomic mass is 16.2. The van der Waals surface area contributed by atoms with Crippen molar-refractivity contribution in [3.63, 3.8) is 0 Å². The summed E-state index contributed by atoms with van der Waals surface area (Å²) < 4.78 is 1.99. The van der Waals surface area contributed by atoms with Crippen LogP contribution in [-0.4, -0.2) is 38.9 Å². The summed E-state index contributed by atoms with van der Waals surface area (Å²) in [6.07, 6.45) is 9.01. The van der Waals surface area contributed by atoms with Gasteiger partial charge in [-0.05, 0) is 32.6 Å². The van der Waals surface area contributed by atoms with E-state index in [-0.39, 0.29) is 23.9 Å². The first-order valence-corrected chi connectivity index (χ1v) is 8.44. The maximum absolute atomic E-state index is 12.2. The molecule has 1 saturated heterocycles. The maximum Gasteiger partial charge on any atom is 0.223 e. The van der Waals surface area contributed by atoms with Gasteiger partial charge in [-0.2, -0.15) is 0 Å². The smallest absolute Gasteiger partial charge is 0.223 e. The van der Waals surface area contributed by atoms with Gasteiger partial charge >= 0.3 is 0 Å². The third-order valence-corrected chi connectivity index (χ3v) is 5.08. The Hall–Kier alpha value is -1.85. The van der Waals surface area contributed by atoms with E-state index in [0.717, 1.165) is 19.4 Å². The Morgan fingerprint density at radius 3 is 2.70 bits per heavy atom. The number of amides is 2. The molecular weight excluding hydrogens is 292 g/mol. The zero-order valence-electron chi connectivity index (χ0n) is 14.4. The van der Waals surface area contributed by atoms with Gasteiger partial charge in [-0.1, -0.05) is 13.8 Å². The molecule has 128 valence electrons. The van der Waals surface area contributed by atoms with Crippen molar-refractivity contribution in [1.82, 2.24) is 14.5 Å². The van der Waals surface area contributed by atoms with Crippen LogP contribution in [0.25, 0.3) is 0 Å². The van der Waals surface area contributed by atoms with Gasteiger partial charge in [-0.3, -0.25) is 9.59 Å². The predicted molar refractivity (Wildman–Crippen MR) is 88.5 cm³/mol. The number of rotatable bonds is 8. The molecule has 0 aromatic carbocycles. The molecule has 0 radical (unpaired) electrons. The quantitative estimate of drug-likeness (QED) is 0.796. The lowest BCUT2D eigenvalue weighted by molar-refractivity contribution is -0.134. The fraction of sp³-hybridized carbons (Fsp3) is 0.706. The summed E-state index contributed by atoms with van der Waals surface area (Å²) in [7, 11) is 0. The number of nitrogens with zero attached hydrogens (tertiary/aromatic N) is 3. The molecule has 2 heterocycles. The SMILES string of the molecule is CCC(CC(C)(CC(C)n1ccnc1)C(N)=O)N1CCCC1=O. The summed E-state index contributed by atoms with van der Waals surface area (Å²) in [6, 6.07) is 0.208. The minimum atomic E-state index is -0.646. The number of imidazole rings is 1. The molecule has 1 aromatic heterocycles. The van der Waals surface area contributed by atoms with Crippen LogP contribution < -0.4 is 5.73 Å². The van der Waals surface area contributed by atoms with E-state index in [2.05, 4.69) is 18.8 Å². The van der Waals surface area contributed by atoms with E-state index in [9.17, 15) is 9.59 Å². The normalized spacial score (nSPS) is 20.3. The van der Waals surface area contributed by atoms with Crippen molar-refractivity contribution in [3.05, 3.63) is 18.7 Å². The molecule has 2 rings (SSSR count). The van der Waals surface area contributed by atoms with Crippen LogP contribution in [0.4, 0.5) is 0 Å². The molecule has 3 unspecified atom stereocenters. The molecule has 0 bridgehead atoms. The van der Waals surface area contributed by atoms with Gasteiger partial charge in [-0.25, -0.2) is 4.98 Å². The number of hydrogen-bond acceptors (Lipinski definition) is 3. The highest BCUT2D eigenvalue weighted by Crippen LogP contribution is 2.36. The number of primary amides is 1. The van der Waals surface area contributed by atoms with Crippen molar-refractivity contribution in [1.29, 1.82) is 0 Å². The first-order chi connectivity index (χ1) is 10.9. The van der Waals surface area contributed by atoms with Crippen molar-refractivity contribution in [2.24, 2.45) is 11.1 Å². The predicted octanol–water partition coefficient (Wildman–Crippen LogP) is 2.12. The molecule has 0 saturated carbocycles. The Labute approximate surface area is 138 Å². The second-order valence-electron chi connectivity index (χ2n) is 6.94. The van der Waals surface area contributed by atoms with Gasteiger partial charge in [0.2, 0.25) is 11.8 Å². The molecule has 1 aliphatic rings. The Balaban J connectivity index is 2.12. The van der Waals surface area contributed by atoms with Gasteiger partial charge in [0.15, 0.2) is 0 Å². The summed E-state index contributed by atoms with van der Waals surface area (Å²) >= 11 is 0. The Morgan fingerprint density at radius 1 is 1.48 bits per heavy atom. The molecule has 1 aliphatic heterocycles. The van der Waals surface area contributed by atoms with Gasteiger partial charge in [0, 0.05) is 37.4 Å². The highest BCUT2D eigenvalue weighted by molar-refractivity contribution is 5.81. The average molecular weight is 320 g/mol. The lowest BCUT2D eigenvalue weighted by atomic mass is 9.76. The van der Waals surface area contributed by atoms with Gasteiger partial charge in [-0.15, -0.1) is 0 Å². The number of aromatic nitrogens is 2. The lowest BCUT2D eigenvalue weighted by Crippen LogP contribution is -2.44. The lowest BCUT2D eigenvalue weighted by Gasteiger charge is -2.36. The fourth-order valence-electron chi connectivity index (χ4n) is 3.62. The largest absolute Gasteiger partial charge is 0.369 e. The number of carbonyl (C=O) groups is 2. The molecule has 0 aliphatic carbocycles. The van der Waals surface area contributed by atoms with Crippen LogP contribution in [0.2, 0.25) is 0 Å². The Bertz CT molecular complexity index is 543. The second-order valence-corrected chi connectivity index (χ2v) is 6.94. The van der Waals surface area contributed by atoms with E-state index in [0.29, 0.717) is 19.3 Å². The third kappa shape index (κ3) is 3.92. The topological polar surface area (TPSA) is 81.2 Å². The Morgan fingerprint density at radius 2 is 2.22 bits per heavy atom. The molecule has 2 N–H and O–H groups in total. The van der Waals surface area contributed by atoms with Crippen molar-refractivity contribution in [2.45, 2.75) is 65.0 Å². The monoisotopic (exact) mass is 320 g/mol. The number of nitrogens with two attached hydrogens (primary N) is 1. The number of carbonyl (C=O) groups excluding carboxylic acids is 2. The maximum atomic E-state index is 12.2. The summed E-state index contributed by atoms with van der Waals surface area (Å²) in [4.78, 5) is 30.2. The van der Waals surface area contributed by atoms with Crippen LogP contribution >= 0.6 is 0 Å². The fourth-order valence-corrected chi connectivity index (χ4v) is 3.62. The van der Waals surface area contributed by atoms with E-state index in [1.165, 1.54) is 0 Å². The van der Waals surface area contributed by atoms with E-state index >= 15 is 0 Å². The van der Waals surface area contributed by atoms with E-state index in [1.54, 1.807) is 12.5 Å². The highest BCUT2D eigenvalue weighted by Gasteiger charge is 2.38. The van der Waals surface area contributed by atoms with Gasteiger partial charge in [0.25, 0.3) is 0 Å². The molecule has 6 heteroatoms. The van der Waals surface area contributed by atoms with Crippen LogP contribution in [0.3, 0.4) is 0 Å². The van der Waals surface area contributed by atoms with Crippen molar-refractivity contribution >= 4 is 11.8 Å². The van der Waals surface area contributed by atoms with Gasteiger partial charge in [0.1, 0.15) is 0 Å². The average Bonchev–Trinajstić information content (AvgIpc) is 3.16. The first kappa shape index (κ1) is 17.5. The van der Waals surface area contributed by atoms with Gasteiger partial charge < -0.3 is 15.2 Å². The summed E-state index contributed by atoms with van der Waals surface area (Å²) in [5, 5.41) is 0. The van der Waals surface area contributed by atoms with Crippen LogP contribution in [-0.2, 0) is 9.59 Å². The van der Waals surface area contributed by atoms with Crippen LogP contribution in [0.1, 0.15) is 58.9 Å². The van der Waals surface area contributed by atoms with Crippen LogP contribution in [0.5, 0.6) is 0 Å². The molecule has 1 aromatic rings. The van der Waals surface area contributed by atoms with E-state index in [4.69, 9.17) is 5.73 Å². The number of likely N-dealkylation sites (tertiary alicyclic amines) is 1. The Kier molecular flexibility index (Phi) is 5.44. The summed E-state index contributed by atoms with van der Waals surface area (Å²) in [5.41, 5.74) is 5.10. The molecule has 0 spiro atoms. The minimum absolute atomic E-state index is 0.0810. The van der Waals surface area contributed by atoms with E-state index in [1.807, 2.05) is 22.6 Å². The summed E-state index contributed by atoms with van der Waals surface area (Å²) in [6.45, 7) is 6.84. The van der Waals surface area contributed by atoms with Crippen LogP contribution in [0, 0.1) is 5.41 Å². The zero-order valence-corrected chi connectivity index (χ0v) is 14.4. The van der Waals surface area contributed by atoms with Crippen molar-refractivity contribution < 1.29 is 9.59 Å². The minimum Gasteiger partial charge on any atom is -0.369 e. The van der Waals surface area contributed by atoms with Crippen molar-refractivity contribution in [3.8, 4) is 0 Å². The molecule has 1 fully saturated rings. The molecule has 2 amide bonds. The van der Waals surface area contributed by atoms with Crippen molar-refractivity contribution in [2.75, 3.05) is 6.54 Å². The standard InChI is InChI=1S/C17H28N4O2/c1-4-14(21-8-5-6-15(21)22)11-17(3,16(18)23)10-13(2)20-9-7-19-12-20/h7,9,12-14H,4-6,8,10-11H2,1-3H3,(H2,18,23).